The normalized spacial score (nSPS) is 18.2. The van der Waals surface area contributed by atoms with Gasteiger partial charge in [0, 0.05) is 38.3 Å². The first-order valence-corrected chi connectivity index (χ1v) is 9.23. The standard InChI is InChI=1S/C21H27N3O2/c25-21(26-16-17-7-3-1-4-8-17)13-20(18-9-5-2-6-10-18)24-15-19-14-22-11-12-23-19/h1-10,19-20,22-24H,11-16H2/t19-,20?/m0/s1. The fourth-order valence-electron chi connectivity index (χ4n) is 3.10. The molecule has 0 saturated carbocycles. The third-order valence-corrected chi connectivity index (χ3v) is 4.55. The molecule has 2 atom stereocenters. The Morgan fingerprint density at radius 3 is 2.50 bits per heavy atom. The number of hydrogen-bond donors (Lipinski definition) is 3. The molecule has 5 nitrogen and oxygen atoms in total. The first kappa shape index (κ1) is 18.6. The number of piperazine rings is 1. The summed E-state index contributed by atoms with van der Waals surface area (Å²) in [6.45, 7) is 4.03. The Morgan fingerprint density at radius 1 is 1.08 bits per heavy atom. The summed E-state index contributed by atoms with van der Waals surface area (Å²) >= 11 is 0. The summed E-state index contributed by atoms with van der Waals surface area (Å²) in [6.07, 6.45) is 0.316. The van der Waals surface area contributed by atoms with Crippen molar-refractivity contribution in [2.24, 2.45) is 0 Å². The second kappa shape index (κ2) is 10.1. The fourth-order valence-corrected chi connectivity index (χ4v) is 3.10. The molecule has 5 heteroatoms. The molecule has 2 aromatic carbocycles. The third kappa shape index (κ3) is 5.95. The Morgan fingerprint density at radius 2 is 1.81 bits per heavy atom. The monoisotopic (exact) mass is 353 g/mol. The molecule has 2 aromatic rings. The molecule has 0 aliphatic carbocycles. The minimum Gasteiger partial charge on any atom is -0.461 e. The lowest BCUT2D eigenvalue weighted by Gasteiger charge is -2.27. The summed E-state index contributed by atoms with van der Waals surface area (Å²) in [7, 11) is 0. The van der Waals surface area contributed by atoms with E-state index in [1.54, 1.807) is 0 Å². The van der Waals surface area contributed by atoms with Crippen molar-refractivity contribution in [1.29, 1.82) is 0 Å². The lowest BCUT2D eigenvalue weighted by molar-refractivity contribution is -0.145. The van der Waals surface area contributed by atoms with E-state index in [9.17, 15) is 4.79 Å². The lowest BCUT2D eigenvalue weighted by atomic mass is 10.0. The SMILES string of the molecule is O=C(CC(NC[C@@H]1CNCCN1)c1ccccc1)OCc1ccccc1. The van der Waals surface area contributed by atoms with E-state index in [0.29, 0.717) is 19.1 Å². The van der Waals surface area contributed by atoms with Gasteiger partial charge in [-0.15, -0.1) is 0 Å². The van der Waals surface area contributed by atoms with Crippen molar-refractivity contribution >= 4 is 5.97 Å². The highest BCUT2D eigenvalue weighted by atomic mass is 16.5. The smallest absolute Gasteiger partial charge is 0.308 e. The van der Waals surface area contributed by atoms with Crippen LogP contribution in [0, 0.1) is 0 Å². The van der Waals surface area contributed by atoms with E-state index >= 15 is 0 Å². The Bertz CT molecular complexity index is 657. The van der Waals surface area contributed by atoms with E-state index in [0.717, 1.165) is 37.3 Å². The van der Waals surface area contributed by atoms with Crippen LogP contribution < -0.4 is 16.0 Å². The maximum atomic E-state index is 12.4. The lowest BCUT2D eigenvalue weighted by Crippen LogP contribution is -2.53. The molecular formula is C21H27N3O2. The van der Waals surface area contributed by atoms with Crippen LogP contribution in [0.25, 0.3) is 0 Å². The molecule has 0 spiro atoms. The van der Waals surface area contributed by atoms with Gasteiger partial charge in [0.1, 0.15) is 6.61 Å². The van der Waals surface area contributed by atoms with Crippen LogP contribution in [0.4, 0.5) is 0 Å². The number of ether oxygens (including phenoxy) is 1. The molecule has 3 N–H and O–H groups in total. The topological polar surface area (TPSA) is 62.4 Å². The number of rotatable bonds is 8. The van der Waals surface area contributed by atoms with Crippen molar-refractivity contribution in [3.05, 3.63) is 71.8 Å². The van der Waals surface area contributed by atoms with Crippen LogP contribution in [-0.2, 0) is 16.1 Å². The Balaban J connectivity index is 1.55. The summed E-state index contributed by atoms with van der Waals surface area (Å²) in [5.74, 6) is -0.190. The van der Waals surface area contributed by atoms with E-state index in [4.69, 9.17) is 4.74 Å². The molecule has 1 aliphatic rings. The summed E-state index contributed by atoms with van der Waals surface area (Å²) in [6, 6.07) is 20.2. The van der Waals surface area contributed by atoms with Crippen LogP contribution in [0.5, 0.6) is 0 Å². The molecule has 3 rings (SSSR count). The molecule has 1 heterocycles. The van der Waals surface area contributed by atoms with Crippen molar-refractivity contribution < 1.29 is 9.53 Å². The Kier molecular flexibility index (Phi) is 7.19. The molecule has 0 amide bonds. The van der Waals surface area contributed by atoms with Crippen LogP contribution in [0.3, 0.4) is 0 Å². The summed E-state index contributed by atoms with van der Waals surface area (Å²) in [5, 5.41) is 10.4. The van der Waals surface area contributed by atoms with E-state index in [2.05, 4.69) is 28.1 Å². The Hall–Kier alpha value is -2.21. The van der Waals surface area contributed by atoms with Crippen molar-refractivity contribution in [2.45, 2.75) is 25.1 Å². The molecule has 1 aliphatic heterocycles. The van der Waals surface area contributed by atoms with Crippen LogP contribution in [0.2, 0.25) is 0 Å². The van der Waals surface area contributed by atoms with E-state index in [-0.39, 0.29) is 12.0 Å². The van der Waals surface area contributed by atoms with Gasteiger partial charge in [-0.2, -0.15) is 0 Å². The van der Waals surface area contributed by atoms with Gasteiger partial charge in [-0.25, -0.2) is 0 Å². The second-order valence-electron chi connectivity index (χ2n) is 6.58. The van der Waals surface area contributed by atoms with Crippen molar-refractivity contribution in [3.8, 4) is 0 Å². The largest absolute Gasteiger partial charge is 0.461 e. The molecular weight excluding hydrogens is 326 g/mol. The van der Waals surface area contributed by atoms with Gasteiger partial charge in [0.25, 0.3) is 0 Å². The highest BCUT2D eigenvalue weighted by Gasteiger charge is 2.19. The minimum absolute atomic E-state index is 0.0526. The van der Waals surface area contributed by atoms with Gasteiger partial charge in [0.2, 0.25) is 0 Å². The average Bonchev–Trinajstić information content (AvgIpc) is 2.72. The number of carbonyl (C=O) groups is 1. The van der Waals surface area contributed by atoms with Crippen LogP contribution in [0.1, 0.15) is 23.6 Å². The van der Waals surface area contributed by atoms with Crippen LogP contribution in [-0.4, -0.2) is 38.2 Å². The minimum atomic E-state index is -0.190. The zero-order valence-corrected chi connectivity index (χ0v) is 15.0. The van der Waals surface area contributed by atoms with E-state index in [1.807, 2.05) is 48.5 Å². The summed E-state index contributed by atoms with van der Waals surface area (Å²) in [4.78, 5) is 12.4. The van der Waals surface area contributed by atoms with Gasteiger partial charge < -0.3 is 20.7 Å². The maximum Gasteiger partial charge on any atom is 0.308 e. The van der Waals surface area contributed by atoms with Crippen molar-refractivity contribution in [2.75, 3.05) is 26.2 Å². The third-order valence-electron chi connectivity index (χ3n) is 4.55. The summed E-state index contributed by atoms with van der Waals surface area (Å²) in [5.41, 5.74) is 2.11. The number of hydrogen-bond acceptors (Lipinski definition) is 5. The quantitative estimate of drug-likeness (QED) is 0.634. The van der Waals surface area contributed by atoms with Gasteiger partial charge >= 0.3 is 5.97 Å². The first-order valence-electron chi connectivity index (χ1n) is 9.23. The zero-order valence-electron chi connectivity index (χ0n) is 15.0. The number of benzene rings is 2. The number of nitrogens with one attached hydrogen (secondary N) is 3. The van der Waals surface area contributed by atoms with Gasteiger partial charge in [-0.05, 0) is 11.1 Å². The van der Waals surface area contributed by atoms with Gasteiger partial charge in [0.05, 0.1) is 6.42 Å². The highest BCUT2D eigenvalue weighted by molar-refractivity contribution is 5.70. The predicted molar refractivity (Wildman–Crippen MR) is 103 cm³/mol. The molecule has 138 valence electrons. The summed E-state index contributed by atoms with van der Waals surface area (Å²) < 4.78 is 5.46. The number of carbonyl (C=O) groups excluding carboxylic acids is 1. The predicted octanol–water partition coefficient (Wildman–Crippen LogP) is 2.01. The first-order chi connectivity index (χ1) is 12.8. The molecule has 0 aromatic heterocycles. The molecule has 0 radical (unpaired) electrons. The second-order valence-corrected chi connectivity index (χ2v) is 6.58. The molecule has 0 bridgehead atoms. The van der Waals surface area contributed by atoms with Crippen molar-refractivity contribution in [1.82, 2.24) is 16.0 Å². The Labute approximate surface area is 155 Å². The number of esters is 1. The maximum absolute atomic E-state index is 12.4. The van der Waals surface area contributed by atoms with Crippen LogP contribution in [0.15, 0.2) is 60.7 Å². The van der Waals surface area contributed by atoms with E-state index < -0.39 is 0 Å². The zero-order chi connectivity index (χ0) is 18.0. The van der Waals surface area contributed by atoms with Gasteiger partial charge in [0.15, 0.2) is 0 Å². The van der Waals surface area contributed by atoms with E-state index in [1.165, 1.54) is 0 Å². The van der Waals surface area contributed by atoms with Crippen molar-refractivity contribution in [3.63, 3.8) is 0 Å². The highest BCUT2D eigenvalue weighted by Crippen LogP contribution is 2.17. The van der Waals surface area contributed by atoms with Crippen LogP contribution >= 0.6 is 0 Å². The molecule has 26 heavy (non-hydrogen) atoms. The van der Waals surface area contributed by atoms with Gasteiger partial charge in [-0.3, -0.25) is 4.79 Å². The average molecular weight is 353 g/mol. The molecule has 1 unspecified atom stereocenters. The van der Waals surface area contributed by atoms with Gasteiger partial charge in [-0.1, -0.05) is 60.7 Å². The molecule has 1 fully saturated rings. The molecule has 1 saturated heterocycles. The fraction of sp³-hybridized carbons (Fsp3) is 0.381.